The highest BCUT2D eigenvalue weighted by molar-refractivity contribution is 9.10. The molecule has 0 bridgehead atoms. The number of carbonyl (C=O) groups is 1. The Kier molecular flexibility index (Phi) is 5.57. The number of carboxylic acids is 1. The van der Waals surface area contributed by atoms with Crippen molar-refractivity contribution in [2.75, 3.05) is 13.1 Å². The van der Waals surface area contributed by atoms with Gasteiger partial charge >= 0.3 is 5.97 Å². The number of benzene rings is 1. The molecule has 0 fully saturated rings. The number of aliphatic carboxylic acids is 1. The van der Waals surface area contributed by atoms with Crippen molar-refractivity contribution in [1.29, 1.82) is 0 Å². The summed E-state index contributed by atoms with van der Waals surface area (Å²) >= 11 is 2.99. The molecule has 0 aromatic heterocycles. The molecular formula is C10H10BrFN4O2. The van der Waals surface area contributed by atoms with Crippen molar-refractivity contribution >= 4 is 21.9 Å². The van der Waals surface area contributed by atoms with Crippen LogP contribution in [-0.4, -0.2) is 24.2 Å². The van der Waals surface area contributed by atoms with Crippen LogP contribution in [0.25, 0.3) is 10.4 Å². The lowest BCUT2D eigenvalue weighted by Gasteiger charge is -2.14. The van der Waals surface area contributed by atoms with Gasteiger partial charge in [0.1, 0.15) is 11.9 Å². The van der Waals surface area contributed by atoms with Gasteiger partial charge in [-0.05, 0) is 39.2 Å². The van der Waals surface area contributed by atoms with Gasteiger partial charge in [-0.2, -0.15) is 0 Å². The molecule has 2 N–H and O–H groups in total. The molecule has 1 aromatic carbocycles. The maximum atomic E-state index is 13.3. The summed E-state index contributed by atoms with van der Waals surface area (Å²) in [5.74, 6) is -1.66. The predicted octanol–water partition coefficient (Wildman–Crippen LogP) is 2.61. The van der Waals surface area contributed by atoms with Crippen LogP contribution in [-0.2, 0) is 4.79 Å². The van der Waals surface area contributed by atoms with Crippen LogP contribution in [0.4, 0.5) is 4.39 Å². The Morgan fingerprint density at radius 2 is 2.39 bits per heavy atom. The van der Waals surface area contributed by atoms with Crippen LogP contribution in [0.3, 0.4) is 0 Å². The third-order valence-electron chi connectivity index (χ3n) is 2.15. The minimum atomic E-state index is -1.13. The van der Waals surface area contributed by atoms with Crippen LogP contribution in [0.1, 0.15) is 11.6 Å². The van der Waals surface area contributed by atoms with E-state index in [1.54, 1.807) is 0 Å². The smallest absolute Gasteiger partial charge is 0.325 e. The Hall–Kier alpha value is -1.63. The molecule has 1 rings (SSSR count). The molecular weight excluding hydrogens is 307 g/mol. The molecule has 6 nitrogen and oxygen atoms in total. The van der Waals surface area contributed by atoms with E-state index in [1.165, 1.54) is 12.1 Å². The zero-order valence-electron chi connectivity index (χ0n) is 9.18. The number of hydrogen-bond donors (Lipinski definition) is 2. The second kappa shape index (κ2) is 6.95. The molecule has 0 aliphatic carbocycles. The number of halogens is 2. The maximum absolute atomic E-state index is 13.3. The van der Waals surface area contributed by atoms with Crippen LogP contribution >= 0.6 is 15.9 Å². The van der Waals surface area contributed by atoms with Gasteiger partial charge in [-0.3, -0.25) is 4.79 Å². The second-order valence-corrected chi connectivity index (χ2v) is 4.21. The lowest BCUT2D eigenvalue weighted by molar-refractivity contribution is -0.139. The number of carboxylic acid groups (broad SMARTS) is 1. The zero-order valence-corrected chi connectivity index (χ0v) is 10.8. The van der Waals surface area contributed by atoms with Crippen molar-refractivity contribution < 1.29 is 14.3 Å². The third-order valence-corrected chi connectivity index (χ3v) is 2.79. The fraction of sp³-hybridized carbons (Fsp3) is 0.300. The number of nitrogens with zero attached hydrogens (tertiary/aromatic N) is 3. The largest absolute Gasteiger partial charge is 0.480 e. The number of nitrogens with one attached hydrogen (secondary N) is 1. The average Bonchev–Trinajstić information content (AvgIpc) is 2.32. The third kappa shape index (κ3) is 3.99. The second-order valence-electron chi connectivity index (χ2n) is 3.35. The molecule has 1 aromatic rings. The average molecular weight is 317 g/mol. The quantitative estimate of drug-likeness (QED) is 0.365. The minimum absolute atomic E-state index is 0.124. The van der Waals surface area contributed by atoms with E-state index in [9.17, 15) is 9.18 Å². The van der Waals surface area contributed by atoms with Crippen LogP contribution in [0, 0.1) is 5.82 Å². The molecule has 0 aliphatic heterocycles. The first-order valence-electron chi connectivity index (χ1n) is 4.98. The Morgan fingerprint density at radius 3 is 2.94 bits per heavy atom. The Balaban J connectivity index is 2.80. The SMILES string of the molecule is [N-]=[N+]=NCCNC(C(=O)O)c1ccc(Br)c(F)c1. The van der Waals surface area contributed by atoms with E-state index in [0.29, 0.717) is 5.56 Å². The molecule has 1 unspecified atom stereocenters. The van der Waals surface area contributed by atoms with Crippen LogP contribution in [0.5, 0.6) is 0 Å². The van der Waals surface area contributed by atoms with Gasteiger partial charge in [0.2, 0.25) is 0 Å². The number of rotatable bonds is 6. The van der Waals surface area contributed by atoms with Crippen molar-refractivity contribution in [2.24, 2.45) is 5.11 Å². The van der Waals surface area contributed by atoms with E-state index in [2.05, 4.69) is 31.3 Å². The Bertz CT molecular complexity index is 491. The highest BCUT2D eigenvalue weighted by Gasteiger charge is 2.19. The van der Waals surface area contributed by atoms with Crippen molar-refractivity contribution in [3.05, 3.63) is 44.5 Å². The predicted molar refractivity (Wildman–Crippen MR) is 66.5 cm³/mol. The topological polar surface area (TPSA) is 98.1 Å². The number of hydrogen-bond acceptors (Lipinski definition) is 3. The summed E-state index contributed by atoms with van der Waals surface area (Å²) in [5.41, 5.74) is 8.38. The summed E-state index contributed by atoms with van der Waals surface area (Å²) in [6.45, 7) is 0.317. The molecule has 1 atom stereocenters. The summed E-state index contributed by atoms with van der Waals surface area (Å²) in [6.07, 6.45) is 0. The fourth-order valence-electron chi connectivity index (χ4n) is 1.34. The lowest BCUT2D eigenvalue weighted by Crippen LogP contribution is -2.30. The minimum Gasteiger partial charge on any atom is -0.480 e. The lowest BCUT2D eigenvalue weighted by atomic mass is 10.1. The first-order valence-corrected chi connectivity index (χ1v) is 5.77. The molecule has 0 aliphatic rings. The molecule has 0 saturated carbocycles. The summed E-state index contributed by atoms with van der Waals surface area (Å²) in [7, 11) is 0. The monoisotopic (exact) mass is 316 g/mol. The van der Waals surface area contributed by atoms with E-state index in [-0.39, 0.29) is 17.6 Å². The van der Waals surface area contributed by atoms with E-state index in [0.717, 1.165) is 6.07 Å². The summed E-state index contributed by atoms with van der Waals surface area (Å²) < 4.78 is 13.6. The molecule has 0 amide bonds. The van der Waals surface area contributed by atoms with Crippen LogP contribution < -0.4 is 5.32 Å². The van der Waals surface area contributed by atoms with Crippen molar-refractivity contribution in [1.82, 2.24) is 5.32 Å². The normalized spacial score (nSPS) is 11.7. The molecule has 0 heterocycles. The van der Waals surface area contributed by atoms with Gasteiger partial charge in [-0.15, -0.1) is 0 Å². The fourth-order valence-corrected chi connectivity index (χ4v) is 1.59. The van der Waals surface area contributed by atoms with Crippen molar-refractivity contribution in [3.8, 4) is 0 Å². The molecule has 0 saturated heterocycles. The van der Waals surface area contributed by atoms with Gasteiger partial charge in [0.15, 0.2) is 0 Å². The standard InChI is InChI=1S/C10H10BrFN4O2/c11-7-2-1-6(5-8(7)12)9(10(17)18)14-3-4-15-16-13/h1-2,5,9,14H,3-4H2,(H,17,18). The van der Waals surface area contributed by atoms with Gasteiger partial charge < -0.3 is 10.4 Å². The van der Waals surface area contributed by atoms with Gasteiger partial charge in [0.25, 0.3) is 0 Å². The summed E-state index contributed by atoms with van der Waals surface area (Å²) in [6, 6.07) is 3.05. The first kappa shape index (κ1) is 14.4. The first-order chi connectivity index (χ1) is 8.56. The van der Waals surface area contributed by atoms with Gasteiger partial charge in [0.05, 0.1) is 4.47 Å². The van der Waals surface area contributed by atoms with Crippen LogP contribution in [0.15, 0.2) is 27.8 Å². The van der Waals surface area contributed by atoms with Gasteiger partial charge in [0, 0.05) is 18.0 Å². The van der Waals surface area contributed by atoms with E-state index < -0.39 is 17.8 Å². The van der Waals surface area contributed by atoms with E-state index in [4.69, 9.17) is 10.6 Å². The van der Waals surface area contributed by atoms with Crippen molar-refractivity contribution in [3.63, 3.8) is 0 Å². The maximum Gasteiger partial charge on any atom is 0.325 e. The molecule has 18 heavy (non-hydrogen) atoms. The van der Waals surface area contributed by atoms with Gasteiger partial charge in [-0.1, -0.05) is 11.2 Å². The zero-order chi connectivity index (χ0) is 13.5. The Labute approximate surface area is 111 Å². The highest BCUT2D eigenvalue weighted by atomic mass is 79.9. The summed E-state index contributed by atoms with van der Waals surface area (Å²) in [4.78, 5) is 13.6. The van der Waals surface area contributed by atoms with Gasteiger partial charge in [-0.25, -0.2) is 4.39 Å². The Morgan fingerprint density at radius 1 is 1.67 bits per heavy atom. The molecule has 96 valence electrons. The highest BCUT2D eigenvalue weighted by Crippen LogP contribution is 2.20. The van der Waals surface area contributed by atoms with E-state index >= 15 is 0 Å². The number of azide groups is 1. The van der Waals surface area contributed by atoms with Crippen LogP contribution in [0.2, 0.25) is 0 Å². The summed E-state index contributed by atoms with van der Waals surface area (Å²) in [5, 5.41) is 15.0. The van der Waals surface area contributed by atoms with E-state index in [1.807, 2.05) is 0 Å². The molecule has 0 spiro atoms. The van der Waals surface area contributed by atoms with Crippen molar-refractivity contribution in [2.45, 2.75) is 6.04 Å². The molecule has 8 heteroatoms. The molecule has 0 radical (unpaired) electrons.